The number of unbranched alkanes of at least 4 members (excludes halogenated alkanes) is 2. The minimum absolute atomic E-state index is 0.112. The Morgan fingerprint density at radius 2 is 1.94 bits per heavy atom. The standard InChI is InChI=1S/C27H36O4S/c1-3-4-5-9-24(29)19-10-12-21(13-11-19)26-20(14-15-22(26)18-28)7-6-8-23-16-17-25(32-23)27(30)31-2/h10-13,16-17,20,24,28-29H,3-9,14-15,18H2,1-2H3. The van der Waals surface area contributed by atoms with E-state index in [0.29, 0.717) is 10.8 Å². The van der Waals surface area contributed by atoms with Crippen LogP contribution in [0.3, 0.4) is 0 Å². The summed E-state index contributed by atoms with van der Waals surface area (Å²) in [5.41, 5.74) is 4.59. The first-order valence-electron chi connectivity index (χ1n) is 11.9. The minimum Gasteiger partial charge on any atom is -0.465 e. The molecule has 0 bridgehead atoms. The van der Waals surface area contributed by atoms with E-state index in [2.05, 4.69) is 19.1 Å². The Bertz CT molecular complexity index is 897. The fourth-order valence-electron chi connectivity index (χ4n) is 4.69. The Morgan fingerprint density at radius 3 is 2.62 bits per heavy atom. The van der Waals surface area contributed by atoms with Crippen molar-refractivity contribution in [2.24, 2.45) is 5.92 Å². The topological polar surface area (TPSA) is 66.8 Å². The molecule has 174 valence electrons. The molecule has 0 saturated heterocycles. The lowest BCUT2D eigenvalue weighted by molar-refractivity contribution is 0.0606. The first kappa shape index (κ1) is 24.7. The number of aliphatic hydroxyl groups is 2. The molecule has 2 unspecified atom stereocenters. The zero-order valence-corrected chi connectivity index (χ0v) is 20.1. The van der Waals surface area contributed by atoms with Crippen LogP contribution < -0.4 is 0 Å². The number of rotatable bonds is 12. The zero-order chi connectivity index (χ0) is 22.9. The highest BCUT2D eigenvalue weighted by molar-refractivity contribution is 7.13. The monoisotopic (exact) mass is 456 g/mol. The van der Waals surface area contributed by atoms with Gasteiger partial charge in [0.2, 0.25) is 0 Å². The molecular weight excluding hydrogens is 420 g/mol. The van der Waals surface area contributed by atoms with Gasteiger partial charge in [0.05, 0.1) is 19.8 Å². The summed E-state index contributed by atoms with van der Waals surface area (Å²) in [6, 6.07) is 12.2. The molecule has 4 nitrogen and oxygen atoms in total. The number of hydrogen-bond donors (Lipinski definition) is 2. The van der Waals surface area contributed by atoms with Crippen molar-refractivity contribution in [3.63, 3.8) is 0 Å². The van der Waals surface area contributed by atoms with Crippen LogP contribution in [0, 0.1) is 5.92 Å². The van der Waals surface area contributed by atoms with Crippen molar-refractivity contribution in [1.82, 2.24) is 0 Å². The highest BCUT2D eigenvalue weighted by Crippen LogP contribution is 2.42. The maximum absolute atomic E-state index is 11.7. The molecule has 1 heterocycles. The minimum atomic E-state index is -0.401. The van der Waals surface area contributed by atoms with Gasteiger partial charge >= 0.3 is 5.97 Å². The molecule has 5 heteroatoms. The predicted octanol–water partition coefficient (Wildman–Crippen LogP) is 6.33. The van der Waals surface area contributed by atoms with Gasteiger partial charge in [-0.25, -0.2) is 4.79 Å². The summed E-state index contributed by atoms with van der Waals surface area (Å²) in [5.74, 6) is 0.172. The summed E-state index contributed by atoms with van der Waals surface area (Å²) < 4.78 is 4.80. The second-order valence-corrected chi connectivity index (χ2v) is 9.86. The van der Waals surface area contributed by atoms with E-state index < -0.39 is 6.10 Å². The number of thiophene rings is 1. The van der Waals surface area contributed by atoms with E-state index in [-0.39, 0.29) is 12.6 Å². The van der Waals surface area contributed by atoms with Gasteiger partial charge in [0.15, 0.2) is 0 Å². The Labute approximate surface area is 196 Å². The number of hydrogen-bond acceptors (Lipinski definition) is 5. The van der Waals surface area contributed by atoms with Crippen LogP contribution in [0.15, 0.2) is 42.0 Å². The molecule has 1 aromatic carbocycles. The number of esters is 1. The lowest BCUT2D eigenvalue weighted by Crippen LogP contribution is -2.03. The normalized spacial score (nSPS) is 17.1. The summed E-state index contributed by atoms with van der Waals surface area (Å²) >= 11 is 1.51. The number of allylic oxidation sites excluding steroid dienone is 1. The highest BCUT2D eigenvalue weighted by atomic mass is 32.1. The summed E-state index contributed by atoms with van der Waals surface area (Å²) in [6.07, 6.45) is 8.84. The molecule has 1 aromatic heterocycles. The van der Waals surface area contributed by atoms with Gasteiger partial charge in [-0.3, -0.25) is 0 Å². The van der Waals surface area contributed by atoms with Gasteiger partial charge in [0.1, 0.15) is 4.88 Å². The average molecular weight is 457 g/mol. The van der Waals surface area contributed by atoms with E-state index in [0.717, 1.165) is 68.9 Å². The van der Waals surface area contributed by atoms with Crippen LogP contribution in [0.25, 0.3) is 5.57 Å². The number of benzene rings is 1. The van der Waals surface area contributed by atoms with Crippen molar-refractivity contribution in [3.8, 4) is 0 Å². The van der Waals surface area contributed by atoms with Crippen molar-refractivity contribution in [3.05, 3.63) is 62.9 Å². The third-order valence-electron chi connectivity index (χ3n) is 6.49. The second kappa shape index (κ2) is 12.3. The van der Waals surface area contributed by atoms with Crippen LogP contribution in [0.5, 0.6) is 0 Å². The van der Waals surface area contributed by atoms with Crippen molar-refractivity contribution in [2.45, 2.75) is 70.8 Å². The van der Waals surface area contributed by atoms with Crippen molar-refractivity contribution < 1.29 is 19.7 Å². The molecule has 2 aromatic rings. The first-order valence-corrected chi connectivity index (χ1v) is 12.7. The molecule has 0 spiro atoms. The molecular formula is C27H36O4S. The summed E-state index contributed by atoms with van der Waals surface area (Å²) in [7, 11) is 1.41. The molecule has 0 radical (unpaired) electrons. The molecule has 32 heavy (non-hydrogen) atoms. The zero-order valence-electron chi connectivity index (χ0n) is 19.3. The molecule has 0 fully saturated rings. The number of aryl methyl sites for hydroxylation is 1. The van der Waals surface area contributed by atoms with E-state index in [4.69, 9.17) is 4.74 Å². The van der Waals surface area contributed by atoms with Crippen LogP contribution in [-0.2, 0) is 11.2 Å². The van der Waals surface area contributed by atoms with E-state index in [1.165, 1.54) is 34.5 Å². The van der Waals surface area contributed by atoms with Crippen molar-refractivity contribution >= 4 is 22.9 Å². The van der Waals surface area contributed by atoms with E-state index >= 15 is 0 Å². The molecule has 1 aliphatic carbocycles. The summed E-state index contributed by atoms with van der Waals surface area (Å²) in [4.78, 5) is 13.5. The van der Waals surface area contributed by atoms with Gasteiger partial charge in [0.25, 0.3) is 0 Å². The number of carbonyl (C=O) groups excluding carboxylic acids is 1. The van der Waals surface area contributed by atoms with E-state index in [9.17, 15) is 15.0 Å². The Morgan fingerprint density at radius 1 is 1.16 bits per heavy atom. The van der Waals surface area contributed by atoms with Gasteiger partial charge in [-0.1, -0.05) is 50.5 Å². The first-order chi connectivity index (χ1) is 15.6. The second-order valence-electron chi connectivity index (χ2n) is 8.69. The Hall–Kier alpha value is -1.95. The number of methoxy groups -OCH3 is 1. The summed E-state index contributed by atoms with van der Waals surface area (Å²) in [5, 5.41) is 20.4. The van der Waals surface area contributed by atoms with Gasteiger partial charge in [-0.2, -0.15) is 0 Å². The highest BCUT2D eigenvalue weighted by Gasteiger charge is 2.26. The average Bonchev–Trinajstić information content (AvgIpc) is 3.46. The largest absolute Gasteiger partial charge is 0.465 e. The smallest absolute Gasteiger partial charge is 0.348 e. The molecule has 0 amide bonds. The number of aliphatic hydroxyl groups excluding tert-OH is 2. The van der Waals surface area contributed by atoms with Gasteiger partial charge in [0, 0.05) is 4.88 Å². The quantitative estimate of drug-likeness (QED) is 0.289. The third kappa shape index (κ3) is 6.31. The fourth-order valence-corrected chi connectivity index (χ4v) is 5.66. The van der Waals surface area contributed by atoms with Gasteiger partial charge in [-0.05, 0) is 78.8 Å². The van der Waals surface area contributed by atoms with Gasteiger partial charge < -0.3 is 14.9 Å². The lowest BCUT2D eigenvalue weighted by atomic mass is 9.88. The maximum atomic E-state index is 11.7. The number of ether oxygens (including phenoxy) is 1. The van der Waals surface area contributed by atoms with Gasteiger partial charge in [-0.15, -0.1) is 11.3 Å². The van der Waals surface area contributed by atoms with Crippen molar-refractivity contribution in [2.75, 3.05) is 13.7 Å². The lowest BCUT2D eigenvalue weighted by Gasteiger charge is -2.17. The summed E-state index contributed by atoms with van der Waals surface area (Å²) in [6.45, 7) is 2.28. The van der Waals surface area contributed by atoms with Crippen LogP contribution in [0.4, 0.5) is 0 Å². The van der Waals surface area contributed by atoms with Crippen molar-refractivity contribution in [1.29, 1.82) is 0 Å². The molecule has 2 atom stereocenters. The van der Waals surface area contributed by atoms with Crippen LogP contribution >= 0.6 is 11.3 Å². The SMILES string of the molecule is CCCCCC(O)c1ccc(C2=C(CO)CCC2CCCc2ccc(C(=O)OC)s2)cc1. The Kier molecular flexibility index (Phi) is 9.51. The molecule has 3 rings (SSSR count). The Balaban J connectivity index is 1.61. The molecule has 0 aliphatic heterocycles. The van der Waals surface area contributed by atoms with Crippen LogP contribution in [0.2, 0.25) is 0 Å². The van der Waals surface area contributed by atoms with Crippen LogP contribution in [0.1, 0.15) is 90.1 Å². The maximum Gasteiger partial charge on any atom is 0.348 e. The van der Waals surface area contributed by atoms with Crippen LogP contribution in [-0.4, -0.2) is 29.9 Å². The molecule has 0 saturated carbocycles. The van der Waals surface area contributed by atoms with E-state index in [1.54, 1.807) is 0 Å². The van der Waals surface area contributed by atoms with E-state index in [1.807, 2.05) is 24.3 Å². The number of carbonyl (C=O) groups is 1. The molecule has 1 aliphatic rings. The molecule has 2 N–H and O–H groups in total. The third-order valence-corrected chi connectivity index (χ3v) is 7.61. The fraction of sp³-hybridized carbons (Fsp3) is 0.519. The predicted molar refractivity (Wildman–Crippen MR) is 131 cm³/mol.